The van der Waals surface area contributed by atoms with E-state index >= 15 is 0 Å². The zero-order valence-electron chi connectivity index (χ0n) is 6.83. The normalized spacial score (nSPS) is 15.5. The number of carbonyl (C=O) groups is 2. The summed E-state index contributed by atoms with van der Waals surface area (Å²) in [4.78, 5) is 21.5. The van der Waals surface area contributed by atoms with Gasteiger partial charge in [-0.05, 0) is 6.92 Å². The van der Waals surface area contributed by atoms with Crippen LogP contribution in [0.1, 0.15) is 13.8 Å². The topological polar surface area (TPSA) is 86.2 Å². The third-order valence-corrected chi connectivity index (χ3v) is 1.86. The van der Waals surface area contributed by atoms with E-state index in [1.165, 1.54) is 6.92 Å². The van der Waals surface area contributed by atoms with Gasteiger partial charge in [-0.3, -0.25) is 9.59 Å². The Bertz CT molecular complexity index is 168. The summed E-state index contributed by atoms with van der Waals surface area (Å²) >= 11 is 0. The first kappa shape index (κ1) is 10.1. The maximum absolute atomic E-state index is 10.8. The summed E-state index contributed by atoms with van der Waals surface area (Å²) in [6, 6.07) is 0. The van der Waals surface area contributed by atoms with Gasteiger partial charge in [0.1, 0.15) is 5.78 Å². The molecule has 0 aliphatic rings. The van der Waals surface area contributed by atoms with Crippen LogP contribution < -0.4 is 11.5 Å². The van der Waals surface area contributed by atoms with Gasteiger partial charge in [0.2, 0.25) is 5.91 Å². The molecule has 4 nitrogen and oxygen atoms in total. The van der Waals surface area contributed by atoms with Crippen molar-refractivity contribution < 1.29 is 9.59 Å². The summed E-state index contributed by atoms with van der Waals surface area (Å²) in [5, 5.41) is 0. The number of Topliss-reactive ketones (excluding diaryl/α,β-unsaturated/α-hetero) is 1. The number of nitrogens with two attached hydrogens (primary N) is 2. The predicted octanol–water partition coefficient (Wildman–Crippen LogP) is -0.728. The van der Waals surface area contributed by atoms with Gasteiger partial charge in [0.25, 0.3) is 0 Å². The lowest BCUT2D eigenvalue weighted by Crippen LogP contribution is -2.37. The van der Waals surface area contributed by atoms with Crippen molar-refractivity contribution in [3.63, 3.8) is 0 Å². The first-order chi connectivity index (χ1) is 5.00. The van der Waals surface area contributed by atoms with Crippen molar-refractivity contribution in [1.82, 2.24) is 0 Å². The first-order valence-electron chi connectivity index (χ1n) is 3.50. The van der Waals surface area contributed by atoms with Crippen LogP contribution in [0.2, 0.25) is 0 Å². The van der Waals surface area contributed by atoms with Crippen LogP contribution in [-0.2, 0) is 9.59 Å². The Balaban J connectivity index is 4.25. The lowest BCUT2D eigenvalue weighted by Gasteiger charge is -2.15. The number of carbonyl (C=O) groups excluding carboxylic acids is 2. The molecule has 0 aromatic rings. The Morgan fingerprint density at radius 1 is 1.45 bits per heavy atom. The largest absolute Gasteiger partial charge is 0.369 e. The van der Waals surface area contributed by atoms with Crippen LogP contribution >= 0.6 is 0 Å². The van der Waals surface area contributed by atoms with Crippen LogP contribution in [0.3, 0.4) is 0 Å². The average Bonchev–Trinajstić information content (AvgIpc) is 1.88. The van der Waals surface area contributed by atoms with Crippen LogP contribution in [0.15, 0.2) is 0 Å². The second-order valence-electron chi connectivity index (χ2n) is 2.64. The highest BCUT2D eigenvalue weighted by atomic mass is 16.1. The van der Waals surface area contributed by atoms with Crippen LogP contribution in [0.25, 0.3) is 0 Å². The lowest BCUT2D eigenvalue weighted by molar-refractivity contribution is -0.129. The van der Waals surface area contributed by atoms with Gasteiger partial charge in [0.15, 0.2) is 0 Å². The Kier molecular flexibility index (Phi) is 3.74. The molecule has 4 heteroatoms. The highest BCUT2D eigenvalue weighted by molar-refractivity contribution is 5.86. The smallest absolute Gasteiger partial charge is 0.222 e. The van der Waals surface area contributed by atoms with Crippen molar-refractivity contribution in [3.8, 4) is 0 Å². The molecule has 1 amide bonds. The van der Waals surface area contributed by atoms with E-state index in [0.29, 0.717) is 0 Å². The molecule has 0 spiro atoms. The molecular formula is C7H14N2O2. The predicted molar refractivity (Wildman–Crippen MR) is 41.6 cm³/mol. The standard InChI is InChI=1S/C7H14N2O2/c1-4(5(2)10)6(3-8)7(9)11/h4,6H,3,8H2,1-2H3,(H2,9,11). The molecule has 0 saturated carbocycles. The summed E-state index contributed by atoms with van der Waals surface area (Å²) in [5.74, 6) is -1.44. The molecule has 0 saturated heterocycles. The Morgan fingerprint density at radius 3 is 2.00 bits per heavy atom. The molecule has 0 radical (unpaired) electrons. The van der Waals surface area contributed by atoms with Gasteiger partial charge in [-0.2, -0.15) is 0 Å². The molecule has 64 valence electrons. The number of amides is 1. The van der Waals surface area contributed by atoms with Gasteiger partial charge >= 0.3 is 0 Å². The van der Waals surface area contributed by atoms with Crippen LogP contribution in [0.5, 0.6) is 0 Å². The van der Waals surface area contributed by atoms with Gasteiger partial charge in [-0.15, -0.1) is 0 Å². The second-order valence-corrected chi connectivity index (χ2v) is 2.64. The SMILES string of the molecule is CC(=O)C(C)C(CN)C(N)=O. The Hall–Kier alpha value is -0.900. The molecule has 0 aliphatic carbocycles. The number of hydrogen-bond donors (Lipinski definition) is 2. The summed E-state index contributed by atoms with van der Waals surface area (Å²) in [5.41, 5.74) is 10.3. The molecule has 0 fully saturated rings. The lowest BCUT2D eigenvalue weighted by atomic mass is 9.90. The van der Waals surface area contributed by atoms with Crippen molar-refractivity contribution in [3.05, 3.63) is 0 Å². The molecule has 4 N–H and O–H groups in total. The van der Waals surface area contributed by atoms with Gasteiger partial charge in [0.05, 0.1) is 5.92 Å². The van der Waals surface area contributed by atoms with E-state index in [0.717, 1.165) is 0 Å². The summed E-state index contributed by atoms with van der Waals surface area (Å²) in [6.45, 7) is 3.22. The fourth-order valence-corrected chi connectivity index (χ4v) is 0.850. The summed E-state index contributed by atoms with van der Waals surface area (Å²) < 4.78 is 0. The van der Waals surface area contributed by atoms with Gasteiger partial charge < -0.3 is 11.5 Å². The number of rotatable bonds is 4. The minimum atomic E-state index is -0.521. The third kappa shape index (κ3) is 2.67. The maximum Gasteiger partial charge on any atom is 0.222 e. The monoisotopic (exact) mass is 158 g/mol. The van der Waals surface area contributed by atoms with Gasteiger partial charge in [-0.1, -0.05) is 6.92 Å². The van der Waals surface area contributed by atoms with Crippen molar-refractivity contribution in [2.24, 2.45) is 23.3 Å². The number of hydrogen-bond acceptors (Lipinski definition) is 3. The van der Waals surface area contributed by atoms with Gasteiger partial charge in [0, 0.05) is 12.5 Å². The molecule has 0 heterocycles. The van der Waals surface area contributed by atoms with Crippen molar-refractivity contribution in [1.29, 1.82) is 0 Å². The Labute approximate surface area is 65.9 Å². The maximum atomic E-state index is 10.8. The van der Waals surface area contributed by atoms with E-state index in [1.807, 2.05) is 0 Å². The van der Waals surface area contributed by atoms with E-state index in [9.17, 15) is 9.59 Å². The van der Waals surface area contributed by atoms with Crippen LogP contribution in [0, 0.1) is 11.8 Å². The van der Waals surface area contributed by atoms with Crippen LogP contribution in [-0.4, -0.2) is 18.2 Å². The minimum absolute atomic E-state index is 0.0562. The molecule has 2 unspecified atom stereocenters. The molecular weight excluding hydrogens is 144 g/mol. The van der Waals surface area contributed by atoms with E-state index in [-0.39, 0.29) is 18.2 Å². The molecule has 11 heavy (non-hydrogen) atoms. The number of primary amides is 1. The van der Waals surface area contributed by atoms with E-state index in [1.54, 1.807) is 6.92 Å². The van der Waals surface area contributed by atoms with Gasteiger partial charge in [-0.25, -0.2) is 0 Å². The first-order valence-corrected chi connectivity index (χ1v) is 3.50. The second kappa shape index (κ2) is 4.08. The van der Waals surface area contributed by atoms with Crippen molar-refractivity contribution in [2.75, 3.05) is 6.54 Å². The molecule has 0 bridgehead atoms. The van der Waals surface area contributed by atoms with E-state index in [2.05, 4.69) is 0 Å². The molecule has 0 rings (SSSR count). The quantitative estimate of drug-likeness (QED) is 0.565. The minimum Gasteiger partial charge on any atom is -0.369 e. The highest BCUT2D eigenvalue weighted by Crippen LogP contribution is 2.10. The summed E-state index contributed by atoms with van der Waals surface area (Å²) in [6.07, 6.45) is 0. The molecule has 0 aliphatic heterocycles. The van der Waals surface area contributed by atoms with Crippen LogP contribution in [0.4, 0.5) is 0 Å². The fourth-order valence-electron chi connectivity index (χ4n) is 0.850. The number of ketones is 1. The van der Waals surface area contributed by atoms with E-state index in [4.69, 9.17) is 11.5 Å². The fraction of sp³-hybridized carbons (Fsp3) is 0.714. The van der Waals surface area contributed by atoms with Crippen molar-refractivity contribution >= 4 is 11.7 Å². The highest BCUT2D eigenvalue weighted by Gasteiger charge is 2.24. The molecule has 0 aromatic heterocycles. The van der Waals surface area contributed by atoms with E-state index < -0.39 is 11.8 Å². The molecule has 0 aromatic carbocycles. The average molecular weight is 158 g/mol. The molecule has 2 atom stereocenters. The zero-order chi connectivity index (χ0) is 9.02. The summed E-state index contributed by atoms with van der Waals surface area (Å²) in [7, 11) is 0. The van der Waals surface area contributed by atoms with Crippen molar-refractivity contribution in [2.45, 2.75) is 13.8 Å². The third-order valence-electron chi connectivity index (χ3n) is 1.86. The Morgan fingerprint density at radius 2 is 1.91 bits per heavy atom. The zero-order valence-corrected chi connectivity index (χ0v) is 6.83.